The van der Waals surface area contributed by atoms with Crippen LogP contribution in [0.5, 0.6) is 0 Å². The van der Waals surface area contributed by atoms with Crippen molar-refractivity contribution in [2.24, 2.45) is 0 Å². The summed E-state index contributed by atoms with van der Waals surface area (Å²) in [5.74, 6) is 0.687. The third kappa shape index (κ3) is 5.58. The second-order valence-electron chi connectivity index (χ2n) is 15.8. The molecule has 2 heterocycles. The number of para-hydroxylation sites is 2. The van der Waals surface area contributed by atoms with Gasteiger partial charge in [-0.2, -0.15) is 0 Å². The molecule has 11 rings (SSSR count). The number of fused-ring (bicyclic) bond motifs is 6. The van der Waals surface area contributed by atoms with E-state index in [1.54, 1.807) is 0 Å². The molecule has 8 aromatic carbocycles. The molecule has 274 valence electrons. The van der Waals surface area contributed by atoms with E-state index in [4.69, 9.17) is 14.4 Å². The van der Waals surface area contributed by atoms with E-state index < -0.39 is 0 Å². The van der Waals surface area contributed by atoms with Crippen LogP contribution >= 0.6 is 0 Å². The van der Waals surface area contributed by atoms with Gasteiger partial charge in [-0.3, -0.25) is 0 Å². The van der Waals surface area contributed by atoms with Crippen LogP contribution in [0.15, 0.2) is 199 Å². The molecule has 2 aromatic heterocycles. The van der Waals surface area contributed by atoms with Gasteiger partial charge in [-0.1, -0.05) is 172 Å². The number of nitrogens with zero attached hydrogens (tertiary/aromatic N) is 2. The predicted octanol–water partition coefficient (Wildman–Crippen LogP) is 14.7. The van der Waals surface area contributed by atoms with Gasteiger partial charge >= 0.3 is 0 Å². The maximum Gasteiger partial charge on any atom is 0.160 e. The van der Waals surface area contributed by atoms with Gasteiger partial charge in [-0.15, -0.1) is 0 Å². The Morgan fingerprint density at radius 3 is 1.78 bits per heavy atom. The zero-order chi connectivity index (χ0) is 38.8. The number of aromatic nitrogens is 2. The summed E-state index contributed by atoms with van der Waals surface area (Å²) < 4.78 is 6.62. The molecule has 0 aliphatic heterocycles. The maximum atomic E-state index is 6.62. The smallest absolute Gasteiger partial charge is 0.160 e. The number of benzene rings is 8. The molecule has 3 heteroatoms. The van der Waals surface area contributed by atoms with E-state index in [1.807, 2.05) is 36.4 Å². The number of hydrogen-bond acceptors (Lipinski definition) is 3. The summed E-state index contributed by atoms with van der Waals surface area (Å²) in [4.78, 5) is 10.4. The minimum atomic E-state index is -0.0742. The molecule has 1 aliphatic rings. The van der Waals surface area contributed by atoms with Gasteiger partial charge in [0.1, 0.15) is 11.2 Å². The number of rotatable bonds is 6. The molecule has 0 unspecified atom stereocenters. The normalized spacial score (nSPS) is 12.8. The maximum absolute atomic E-state index is 6.62. The Hall–Kier alpha value is -7.36. The van der Waals surface area contributed by atoms with Crippen molar-refractivity contribution in [1.82, 2.24) is 9.97 Å². The molecule has 0 amide bonds. The summed E-state index contributed by atoms with van der Waals surface area (Å²) in [6.07, 6.45) is 0. The van der Waals surface area contributed by atoms with Crippen LogP contribution in [0.1, 0.15) is 25.0 Å². The van der Waals surface area contributed by atoms with Gasteiger partial charge in [0.25, 0.3) is 0 Å². The number of furan rings is 1. The summed E-state index contributed by atoms with van der Waals surface area (Å²) in [5.41, 5.74) is 18.6. The average Bonchev–Trinajstić information content (AvgIpc) is 3.79. The van der Waals surface area contributed by atoms with Crippen LogP contribution in [-0.2, 0) is 5.41 Å². The number of hydrogen-bond donors (Lipinski definition) is 0. The summed E-state index contributed by atoms with van der Waals surface area (Å²) in [5, 5.41) is 2.21. The van der Waals surface area contributed by atoms with Gasteiger partial charge in [0.15, 0.2) is 5.82 Å². The van der Waals surface area contributed by atoms with Gasteiger partial charge in [0.2, 0.25) is 0 Å². The predicted molar refractivity (Wildman–Crippen MR) is 239 cm³/mol. The molecule has 0 spiro atoms. The Labute approximate surface area is 338 Å². The summed E-state index contributed by atoms with van der Waals surface area (Å²) in [6, 6.07) is 69.0. The first-order valence-corrected chi connectivity index (χ1v) is 19.9. The fourth-order valence-corrected chi connectivity index (χ4v) is 9.00. The SMILES string of the molecule is CC1(C)c2ccccc2-c2c(-c3cccc(-c4cc(-c5cc(-c6ccccc6)nc(-c6ccccc6)n5)cc(-c5cccc6c5oc5ccccc56)c4)c3)cccc21. The molecule has 0 radical (unpaired) electrons. The lowest BCUT2D eigenvalue weighted by molar-refractivity contribution is 0.660. The summed E-state index contributed by atoms with van der Waals surface area (Å²) in [6.45, 7) is 4.68. The molecule has 0 fully saturated rings. The highest BCUT2D eigenvalue weighted by Gasteiger charge is 2.36. The first-order chi connectivity index (χ1) is 28.5. The molecule has 10 aromatic rings. The van der Waals surface area contributed by atoms with Crippen molar-refractivity contribution in [3.63, 3.8) is 0 Å². The molecule has 1 aliphatic carbocycles. The van der Waals surface area contributed by atoms with Crippen LogP contribution in [0.4, 0.5) is 0 Å². The van der Waals surface area contributed by atoms with Gasteiger partial charge in [0.05, 0.1) is 11.4 Å². The fourth-order valence-electron chi connectivity index (χ4n) is 9.00. The highest BCUT2D eigenvalue weighted by Crippen LogP contribution is 2.52. The highest BCUT2D eigenvalue weighted by atomic mass is 16.3. The van der Waals surface area contributed by atoms with Crippen LogP contribution < -0.4 is 0 Å². The zero-order valence-corrected chi connectivity index (χ0v) is 32.3. The van der Waals surface area contributed by atoms with Crippen molar-refractivity contribution in [1.29, 1.82) is 0 Å². The average molecular weight is 743 g/mol. The Morgan fingerprint density at radius 1 is 0.379 bits per heavy atom. The summed E-state index contributed by atoms with van der Waals surface area (Å²) >= 11 is 0. The fraction of sp³-hybridized carbons (Fsp3) is 0.0545. The van der Waals surface area contributed by atoms with Crippen LogP contribution in [0.2, 0.25) is 0 Å². The van der Waals surface area contributed by atoms with Gasteiger partial charge < -0.3 is 4.42 Å². The molecular formula is C55H38N2O. The second-order valence-corrected chi connectivity index (χ2v) is 15.8. The molecular weight excluding hydrogens is 705 g/mol. The highest BCUT2D eigenvalue weighted by molar-refractivity contribution is 6.10. The van der Waals surface area contributed by atoms with Crippen molar-refractivity contribution < 1.29 is 4.42 Å². The molecule has 3 nitrogen and oxygen atoms in total. The van der Waals surface area contributed by atoms with Gasteiger partial charge in [-0.25, -0.2) is 9.97 Å². The standard InChI is InChI=1S/C55H38N2O/c1-55(2)47-27-11-9-23-46(47)52-42(24-15-28-48(52)55)38-21-13-20-37(30-38)39-31-40(43-25-14-26-45-44-22-10-12-29-51(44)58-53(43)45)33-41(32-39)50-34-49(35-16-5-3-6-17-35)56-54(57-50)36-18-7-4-8-19-36/h3-34H,1-2H3. The zero-order valence-electron chi connectivity index (χ0n) is 32.3. The monoisotopic (exact) mass is 742 g/mol. The van der Waals surface area contributed by atoms with Crippen molar-refractivity contribution >= 4 is 21.9 Å². The lowest BCUT2D eigenvalue weighted by Crippen LogP contribution is -2.14. The van der Waals surface area contributed by atoms with Crippen LogP contribution in [0.25, 0.3) is 100 Å². The van der Waals surface area contributed by atoms with E-state index in [1.165, 1.54) is 33.4 Å². The van der Waals surface area contributed by atoms with Crippen molar-refractivity contribution in [2.75, 3.05) is 0 Å². The van der Waals surface area contributed by atoms with Crippen molar-refractivity contribution in [2.45, 2.75) is 19.3 Å². The molecule has 0 saturated carbocycles. The van der Waals surface area contributed by atoms with Crippen LogP contribution in [-0.4, -0.2) is 9.97 Å². The van der Waals surface area contributed by atoms with E-state index in [9.17, 15) is 0 Å². The van der Waals surface area contributed by atoms with Crippen molar-refractivity contribution in [3.8, 4) is 78.4 Å². The lowest BCUT2D eigenvalue weighted by Gasteiger charge is -2.21. The Bertz CT molecular complexity index is 3140. The minimum Gasteiger partial charge on any atom is -0.455 e. The summed E-state index contributed by atoms with van der Waals surface area (Å²) in [7, 11) is 0. The topological polar surface area (TPSA) is 38.9 Å². The van der Waals surface area contributed by atoms with Crippen LogP contribution in [0, 0.1) is 0 Å². The quantitative estimate of drug-likeness (QED) is 0.170. The van der Waals surface area contributed by atoms with E-state index in [-0.39, 0.29) is 5.41 Å². The third-order valence-corrected chi connectivity index (χ3v) is 11.9. The molecule has 58 heavy (non-hydrogen) atoms. The van der Waals surface area contributed by atoms with Crippen molar-refractivity contribution in [3.05, 3.63) is 205 Å². The van der Waals surface area contributed by atoms with Gasteiger partial charge in [-0.05, 0) is 86.5 Å². The van der Waals surface area contributed by atoms with E-state index in [2.05, 4.69) is 172 Å². The first kappa shape index (κ1) is 33.9. The Morgan fingerprint density at radius 2 is 0.931 bits per heavy atom. The second kappa shape index (κ2) is 13.4. The van der Waals surface area contributed by atoms with E-state index in [0.717, 1.165) is 72.3 Å². The molecule has 0 N–H and O–H groups in total. The lowest BCUT2D eigenvalue weighted by atomic mass is 9.82. The largest absolute Gasteiger partial charge is 0.455 e. The van der Waals surface area contributed by atoms with E-state index in [0.29, 0.717) is 5.82 Å². The van der Waals surface area contributed by atoms with Crippen LogP contribution in [0.3, 0.4) is 0 Å². The Kier molecular flexibility index (Phi) is 7.84. The molecule has 0 bridgehead atoms. The molecule has 0 atom stereocenters. The minimum absolute atomic E-state index is 0.0742. The Balaban J connectivity index is 1.14. The van der Waals surface area contributed by atoms with E-state index >= 15 is 0 Å². The van der Waals surface area contributed by atoms with Gasteiger partial charge in [0, 0.05) is 38.4 Å². The first-order valence-electron chi connectivity index (χ1n) is 19.9. The third-order valence-electron chi connectivity index (χ3n) is 11.9. The molecule has 0 saturated heterocycles.